The van der Waals surface area contributed by atoms with E-state index in [2.05, 4.69) is 4.37 Å². The Morgan fingerprint density at radius 3 is 2.58 bits per heavy atom. The van der Waals surface area contributed by atoms with Gasteiger partial charge in [-0.05, 0) is 41.0 Å². The van der Waals surface area contributed by atoms with Gasteiger partial charge in [0.05, 0.1) is 10.1 Å². The van der Waals surface area contributed by atoms with Crippen molar-refractivity contribution >= 4 is 21.6 Å². The zero-order chi connectivity index (χ0) is 16.4. The van der Waals surface area contributed by atoms with Crippen LogP contribution in [0.4, 0.5) is 0 Å². The molecule has 4 rings (SSSR count). The molecule has 24 heavy (non-hydrogen) atoms. The van der Waals surface area contributed by atoms with Gasteiger partial charge in [-0.15, -0.1) is 0 Å². The Kier molecular flexibility index (Phi) is 3.89. The van der Waals surface area contributed by atoms with Crippen LogP contribution in [0.5, 0.6) is 5.75 Å². The molecule has 118 valence electrons. The van der Waals surface area contributed by atoms with E-state index in [-0.39, 0.29) is 5.56 Å². The standard InChI is InChI=1S/C20H15NO2S/c22-20-18-12-16(9-10-19(18)24-21-20)15-7-4-8-17(11-15)23-13-14-5-2-1-3-6-14/h1-12H,13H2,(H,21,22). The molecule has 3 nitrogen and oxygen atoms in total. The lowest BCUT2D eigenvalue weighted by Gasteiger charge is -2.08. The Bertz CT molecular complexity index is 1030. The first-order valence-electron chi connectivity index (χ1n) is 7.68. The molecule has 0 unspecified atom stereocenters. The van der Waals surface area contributed by atoms with Crippen LogP contribution in [0.25, 0.3) is 21.2 Å². The van der Waals surface area contributed by atoms with Crippen molar-refractivity contribution in [2.45, 2.75) is 6.61 Å². The summed E-state index contributed by atoms with van der Waals surface area (Å²) in [6.07, 6.45) is 0. The minimum Gasteiger partial charge on any atom is -0.489 e. The average Bonchev–Trinajstić information content (AvgIpc) is 3.02. The highest BCUT2D eigenvalue weighted by molar-refractivity contribution is 7.13. The van der Waals surface area contributed by atoms with Crippen molar-refractivity contribution in [1.29, 1.82) is 0 Å². The fraction of sp³-hybridized carbons (Fsp3) is 0.0500. The predicted molar refractivity (Wildman–Crippen MR) is 98.7 cm³/mol. The summed E-state index contributed by atoms with van der Waals surface area (Å²) in [7, 11) is 0. The molecule has 1 heterocycles. The molecule has 0 spiro atoms. The van der Waals surface area contributed by atoms with Gasteiger partial charge in [0.2, 0.25) is 0 Å². The van der Waals surface area contributed by atoms with E-state index in [4.69, 9.17) is 4.74 Å². The van der Waals surface area contributed by atoms with Gasteiger partial charge in [0, 0.05) is 0 Å². The van der Waals surface area contributed by atoms with Crippen LogP contribution in [0.3, 0.4) is 0 Å². The first-order valence-corrected chi connectivity index (χ1v) is 8.50. The highest BCUT2D eigenvalue weighted by atomic mass is 32.1. The average molecular weight is 333 g/mol. The first-order chi connectivity index (χ1) is 11.8. The Labute approximate surface area is 143 Å². The van der Waals surface area contributed by atoms with Crippen molar-refractivity contribution in [3.63, 3.8) is 0 Å². The van der Waals surface area contributed by atoms with Gasteiger partial charge < -0.3 is 4.74 Å². The molecule has 0 saturated heterocycles. The third-order valence-electron chi connectivity index (χ3n) is 3.89. The van der Waals surface area contributed by atoms with Crippen LogP contribution < -0.4 is 10.3 Å². The number of fused-ring (bicyclic) bond motifs is 1. The van der Waals surface area contributed by atoms with E-state index in [1.54, 1.807) is 0 Å². The Morgan fingerprint density at radius 1 is 0.875 bits per heavy atom. The monoisotopic (exact) mass is 333 g/mol. The molecule has 0 amide bonds. The van der Waals surface area contributed by atoms with E-state index in [1.165, 1.54) is 11.5 Å². The van der Waals surface area contributed by atoms with Gasteiger partial charge in [0.15, 0.2) is 0 Å². The highest BCUT2D eigenvalue weighted by Gasteiger charge is 2.05. The normalized spacial score (nSPS) is 10.8. The van der Waals surface area contributed by atoms with Gasteiger partial charge in [-0.25, -0.2) is 0 Å². The molecule has 0 atom stereocenters. The smallest absolute Gasteiger partial charge is 0.265 e. The maximum Gasteiger partial charge on any atom is 0.265 e. The van der Waals surface area contributed by atoms with Crippen molar-refractivity contribution in [3.8, 4) is 16.9 Å². The fourth-order valence-corrected chi connectivity index (χ4v) is 3.35. The lowest BCUT2D eigenvalue weighted by atomic mass is 10.0. The van der Waals surface area contributed by atoms with Crippen molar-refractivity contribution in [3.05, 3.63) is 88.7 Å². The summed E-state index contributed by atoms with van der Waals surface area (Å²) < 4.78 is 9.62. The van der Waals surface area contributed by atoms with Gasteiger partial charge in [-0.2, -0.15) is 0 Å². The summed E-state index contributed by atoms with van der Waals surface area (Å²) >= 11 is 1.36. The van der Waals surface area contributed by atoms with E-state index >= 15 is 0 Å². The van der Waals surface area contributed by atoms with E-state index < -0.39 is 0 Å². The molecule has 0 aliphatic heterocycles. The van der Waals surface area contributed by atoms with Crippen LogP contribution in [-0.2, 0) is 6.61 Å². The summed E-state index contributed by atoms with van der Waals surface area (Å²) in [5.41, 5.74) is 3.15. The lowest BCUT2D eigenvalue weighted by Crippen LogP contribution is -1.96. The minimum absolute atomic E-state index is 0.0340. The molecule has 0 aliphatic carbocycles. The predicted octanol–water partition coefficient (Wildman–Crippen LogP) is 4.84. The van der Waals surface area contributed by atoms with Crippen molar-refractivity contribution in [1.82, 2.24) is 4.37 Å². The van der Waals surface area contributed by atoms with Gasteiger partial charge in [0.25, 0.3) is 5.56 Å². The van der Waals surface area contributed by atoms with Crippen LogP contribution in [-0.4, -0.2) is 4.37 Å². The number of hydrogen-bond donors (Lipinski definition) is 1. The third kappa shape index (κ3) is 2.96. The number of H-pyrrole nitrogens is 1. The number of benzene rings is 3. The zero-order valence-corrected chi connectivity index (χ0v) is 13.7. The van der Waals surface area contributed by atoms with Gasteiger partial charge >= 0.3 is 0 Å². The molecule has 4 heteroatoms. The Hall–Kier alpha value is -2.85. The number of aromatic amines is 1. The fourth-order valence-electron chi connectivity index (χ4n) is 2.64. The van der Waals surface area contributed by atoms with E-state index in [0.717, 1.165) is 32.5 Å². The largest absolute Gasteiger partial charge is 0.489 e. The van der Waals surface area contributed by atoms with Crippen LogP contribution >= 0.6 is 11.5 Å². The van der Waals surface area contributed by atoms with Crippen molar-refractivity contribution in [2.75, 3.05) is 0 Å². The zero-order valence-electron chi connectivity index (χ0n) is 12.9. The molecular weight excluding hydrogens is 318 g/mol. The van der Waals surface area contributed by atoms with Crippen LogP contribution in [0.15, 0.2) is 77.6 Å². The van der Waals surface area contributed by atoms with Gasteiger partial charge in [0.1, 0.15) is 12.4 Å². The van der Waals surface area contributed by atoms with Gasteiger partial charge in [-0.3, -0.25) is 9.17 Å². The number of aromatic nitrogens is 1. The number of nitrogens with one attached hydrogen (secondary N) is 1. The van der Waals surface area contributed by atoms with Crippen LogP contribution in [0, 0.1) is 0 Å². The summed E-state index contributed by atoms with van der Waals surface area (Å²) in [4.78, 5) is 11.8. The summed E-state index contributed by atoms with van der Waals surface area (Å²) in [6.45, 7) is 0.535. The molecule has 1 aromatic heterocycles. The second-order valence-electron chi connectivity index (χ2n) is 5.55. The maximum absolute atomic E-state index is 11.8. The Balaban J connectivity index is 1.61. The molecule has 4 aromatic rings. The molecule has 3 aromatic carbocycles. The lowest BCUT2D eigenvalue weighted by molar-refractivity contribution is 0.306. The number of hydrogen-bond acceptors (Lipinski definition) is 3. The van der Waals surface area contributed by atoms with Crippen molar-refractivity contribution < 1.29 is 4.74 Å². The minimum atomic E-state index is -0.0340. The number of ether oxygens (including phenoxy) is 1. The van der Waals surface area contributed by atoms with Gasteiger partial charge in [-0.1, -0.05) is 60.1 Å². The van der Waals surface area contributed by atoms with E-state index in [0.29, 0.717) is 6.61 Å². The van der Waals surface area contributed by atoms with E-state index in [1.807, 2.05) is 72.8 Å². The molecule has 0 radical (unpaired) electrons. The van der Waals surface area contributed by atoms with Crippen LogP contribution in [0.2, 0.25) is 0 Å². The quantitative estimate of drug-likeness (QED) is 0.581. The maximum atomic E-state index is 11.8. The second kappa shape index (κ2) is 6.34. The molecule has 1 N–H and O–H groups in total. The van der Waals surface area contributed by atoms with Crippen LogP contribution in [0.1, 0.15) is 5.56 Å². The van der Waals surface area contributed by atoms with E-state index in [9.17, 15) is 4.79 Å². The first kappa shape index (κ1) is 14.7. The SMILES string of the molecule is O=c1[nH]sc2ccc(-c3cccc(OCc4ccccc4)c3)cc12. The highest BCUT2D eigenvalue weighted by Crippen LogP contribution is 2.27. The summed E-state index contributed by atoms with van der Waals surface area (Å²) in [5, 5.41) is 0.730. The molecule has 0 fully saturated rings. The van der Waals surface area contributed by atoms with Crippen molar-refractivity contribution in [2.24, 2.45) is 0 Å². The molecule has 0 bridgehead atoms. The summed E-state index contributed by atoms with van der Waals surface area (Å²) in [5.74, 6) is 0.815. The topological polar surface area (TPSA) is 42.1 Å². The molecule has 0 saturated carbocycles. The Morgan fingerprint density at radius 2 is 1.71 bits per heavy atom. The summed E-state index contributed by atoms with van der Waals surface area (Å²) in [6, 6.07) is 24.0. The second-order valence-corrected chi connectivity index (χ2v) is 6.39. The molecular formula is C20H15NO2S. The third-order valence-corrected chi connectivity index (χ3v) is 4.76. The molecule has 0 aliphatic rings. The number of rotatable bonds is 4.